The number of benzene rings is 1. The maximum absolute atomic E-state index is 12.1. The first-order valence-electron chi connectivity index (χ1n) is 8.68. The number of amides is 3. The highest BCUT2D eigenvalue weighted by molar-refractivity contribution is 6.01. The third-order valence-corrected chi connectivity index (χ3v) is 3.56. The summed E-state index contributed by atoms with van der Waals surface area (Å²) in [6, 6.07) is 8.38. The van der Waals surface area contributed by atoms with E-state index in [0.717, 1.165) is 5.56 Å². The van der Waals surface area contributed by atoms with Gasteiger partial charge in [-0.15, -0.1) is 0 Å². The fraction of sp³-hybridized carbons (Fsp3) is 0.400. The van der Waals surface area contributed by atoms with Crippen LogP contribution in [-0.4, -0.2) is 30.1 Å². The Kier molecular flexibility index (Phi) is 8.21. The smallest absolute Gasteiger partial charge is 0.349 e. The molecule has 0 aliphatic rings. The van der Waals surface area contributed by atoms with Crippen LogP contribution in [0.25, 0.3) is 6.08 Å². The standard InChI is InChI=1S/C20H25N3O4/c1-12(2)16-8-6-15(7-9-16)10-17(11-21)19(25)27-14(5)18(24)23-20(26)22-13(3)4/h6-10,12-14H,1-5H3,(H2,22,23,24,26)/b17-10+/t14-/m0/s1. The molecule has 0 radical (unpaired) electrons. The predicted octanol–water partition coefficient (Wildman–Crippen LogP) is 2.88. The number of carbonyl (C=O) groups is 3. The van der Waals surface area contributed by atoms with E-state index in [1.54, 1.807) is 32.0 Å². The molecule has 0 aliphatic carbocycles. The Morgan fingerprint density at radius 3 is 2.15 bits per heavy atom. The highest BCUT2D eigenvalue weighted by Gasteiger charge is 2.22. The lowest BCUT2D eigenvalue weighted by atomic mass is 10.0. The number of hydrogen-bond donors (Lipinski definition) is 2. The number of nitrogens with one attached hydrogen (secondary N) is 2. The molecule has 0 unspecified atom stereocenters. The zero-order valence-electron chi connectivity index (χ0n) is 16.2. The van der Waals surface area contributed by atoms with E-state index >= 15 is 0 Å². The van der Waals surface area contributed by atoms with E-state index in [-0.39, 0.29) is 11.6 Å². The number of hydrogen-bond acceptors (Lipinski definition) is 5. The minimum absolute atomic E-state index is 0.147. The molecule has 0 saturated carbocycles. The maximum atomic E-state index is 12.1. The van der Waals surface area contributed by atoms with Gasteiger partial charge in [-0.1, -0.05) is 38.1 Å². The fourth-order valence-electron chi connectivity index (χ4n) is 2.07. The van der Waals surface area contributed by atoms with Crippen LogP contribution in [-0.2, 0) is 14.3 Å². The molecule has 0 spiro atoms. The second-order valence-electron chi connectivity index (χ2n) is 6.66. The van der Waals surface area contributed by atoms with Crippen LogP contribution in [0, 0.1) is 11.3 Å². The van der Waals surface area contributed by atoms with Gasteiger partial charge in [0.05, 0.1) is 0 Å². The first-order chi connectivity index (χ1) is 12.6. The van der Waals surface area contributed by atoms with Crippen LogP contribution in [0.2, 0.25) is 0 Å². The molecular weight excluding hydrogens is 346 g/mol. The minimum Gasteiger partial charge on any atom is -0.448 e. The summed E-state index contributed by atoms with van der Waals surface area (Å²) in [5.41, 5.74) is 1.57. The molecule has 2 N–H and O–H groups in total. The lowest BCUT2D eigenvalue weighted by Gasteiger charge is -2.14. The van der Waals surface area contributed by atoms with Crippen molar-refractivity contribution in [1.29, 1.82) is 5.26 Å². The normalized spacial score (nSPS) is 12.3. The van der Waals surface area contributed by atoms with Gasteiger partial charge in [-0.2, -0.15) is 5.26 Å². The topological polar surface area (TPSA) is 108 Å². The number of ether oxygens (including phenoxy) is 1. The van der Waals surface area contributed by atoms with E-state index in [0.29, 0.717) is 11.5 Å². The predicted molar refractivity (Wildman–Crippen MR) is 101 cm³/mol. The van der Waals surface area contributed by atoms with Crippen molar-refractivity contribution in [2.24, 2.45) is 0 Å². The SMILES string of the molecule is CC(C)NC(=O)NC(=O)[C@H](C)OC(=O)/C(C#N)=C/c1ccc(C(C)C)cc1. The van der Waals surface area contributed by atoms with Crippen LogP contribution in [0.1, 0.15) is 51.7 Å². The molecular formula is C20H25N3O4. The lowest BCUT2D eigenvalue weighted by Crippen LogP contribution is -2.46. The van der Waals surface area contributed by atoms with Crippen molar-refractivity contribution in [2.45, 2.75) is 52.7 Å². The van der Waals surface area contributed by atoms with Gasteiger partial charge in [-0.05, 0) is 43.9 Å². The maximum Gasteiger partial charge on any atom is 0.349 e. The van der Waals surface area contributed by atoms with E-state index in [9.17, 15) is 19.6 Å². The highest BCUT2D eigenvalue weighted by Crippen LogP contribution is 2.16. The summed E-state index contributed by atoms with van der Waals surface area (Å²) in [5.74, 6) is -1.34. The average Bonchev–Trinajstić information content (AvgIpc) is 2.58. The van der Waals surface area contributed by atoms with Crippen LogP contribution < -0.4 is 10.6 Å². The van der Waals surface area contributed by atoms with Gasteiger partial charge in [0, 0.05) is 6.04 Å². The van der Waals surface area contributed by atoms with Gasteiger partial charge in [0.15, 0.2) is 6.10 Å². The van der Waals surface area contributed by atoms with Crippen LogP contribution in [0.3, 0.4) is 0 Å². The Hall–Kier alpha value is -3.14. The summed E-state index contributed by atoms with van der Waals surface area (Å²) in [5, 5.41) is 13.8. The molecule has 0 heterocycles. The lowest BCUT2D eigenvalue weighted by molar-refractivity contribution is -0.150. The summed E-state index contributed by atoms with van der Waals surface area (Å²) in [6.07, 6.45) is 0.165. The van der Waals surface area contributed by atoms with Gasteiger partial charge in [0.2, 0.25) is 0 Å². The van der Waals surface area contributed by atoms with Gasteiger partial charge >= 0.3 is 12.0 Å². The van der Waals surface area contributed by atoms with E-state index in [2.05, 4.69) is 24.5 Å². The van der Waals surface area contributed by atoms with Crippen molar-refractivity contribution >= 4 is 24.0 Å². The van der Waals surface area contributed by atoms with Gasteiger partial charge in [-0.3, -0.25) is 10.1 Å². The number of nitriles is 1. The van der Waals surface area contributed by atoms with Gasteiger partial charge in [-0.25, -0.2) is 9.59 Å². The monoisotopic (exact) mass is 371 g/mol. The van der Waals surface area contributed by atoms with E-state index in [1.807, 2.05) is 12.1 Å². The number of imide groups is 1. The second kappa shape index (κ2) is 10.1. The number of urea groups is 1. The summed E-state index contributed by atoms with van der Waals surface area (Å²) in [4.78, 5) is 35.5. The Labute approximate surface area is 159 Å². The molecule has 0 fully saturated rings. The Balaban J connectivity index is 2.76. The van der Waals surface area contributed by atoms with Crippen molar-refractivity contribution in [1.82, 2.24) is 10.6 Å². The first-order valence-corrected chi connectivity index (χ1v) is 8.68. The molecule has 1 rings (SSSR count). The van der Waals surface area contributed by atoms with Crippen LogP contribution >= 0.6 is 0 Å². The zero-order valence-corrected chi connectivity index (χ0v) is 16.2. The van der Waals surface area contributed by atoms with E-state index in [1.165, 1.54) is 13.0 Å². The van der Waals surface area contributed by atoms with Crippen LogP contribution in [0.4, 0.5) is 4.79 Å². The van der Waals surface area contributed by atoms with Crippen molar-refractivity contribution in [3.63, 3.8) is 0 Å². The van der Waals surface area contributed by atoms with Crippen molar-refractivity contribution in [3.05, 3.63) is 41.0 Å². The minimum atomic E-state index is -1.23. The molecule has 144 valence electrons. The first kappa shape index (κ1) is 21.9. The molecule has 1 atom stereocenters. The third kappa shape index (κ3) is 7.32. The number of carbonyl (C=O) groups excluding carboxylic acids is 3. The fourth-order valence-corrected chi connectivity index (χ4v) is 2.07. The number of nitrogens with zero attached hydrogens (tertiary/aromatic N) is 1. The summed E-state index contributed by atoms with van der Waals surface area (Å²) >= 11 is 0. The largest absolute Gasteiger partial charge is 0.448 e. The quantitative estimate of drug-likeness (QED) is 0.454. The second-order valence-corrected chi connectivity index (χ2v) is 6.66. The van der Waals surface area contributed by atoms with Gasteiger partial charge < -0.3 is 10.1 Å². The summed E-state index contributed by atoms with van der Waals surface area (Å²) in [7, 11) is 0. The number of rotatable bonds is 6. The molecule has 0 aromatic heterocycles. The Bertz CT molecular complexity index is 758. The molecule has 0 bridgehead atoms. The molecule has 0 aliphatic heterocycles. The van der Waals surface area contributed by atoms with Crippen molar-refractivity contribution in [3.8, 4) is 6.07 Å². The summed E-state index contributed by atoms with van der Waals surface area (Å²) in [6.45, 7) is 8.94. The number of esters is 1. The molecule has 1 aromatic carbocycles. The van der Waals surface area contributed by atoms with E-state index < -0.39 is 24.0 Å². The average molecular weight is 371 g/mol. The Morgan fingerprint density at radius 1 is 1.07 bits per heavy atom. The van der Waals surface area contributed by atoms with Crippen LogP contribution in [0.5, 0.6) is 0 Å². The van der Waals surface area contributed by atoms with Gasteiger partial charge in [0.25, 0.3) is 5.91 Å². The van der Waals surface area contributed by atoms with Crippen LogP contribution in [0.15, 0.2) is 29.8 Å². The molecule has 3 amide bonds. The van der Waals surface area contributed by atoms with Crippen molar-refractivity contribution in [2.75, 3.05) is 0 Å². The van der Waals surface area contributed by atoms with Gasteiger partial charge in [0.1, 0.15) is 11.6 Å². The molecule has 7 nitrogen and oxygen atoms in total. The zero-order chi connectivity index (χ0) is 20.6. The van der Waals surface area contributed by atoms with Crippen molar-refractivity contribution < 1.29 is 19.1 Å². The summed E-state index contributed by atoms with van der Waals surface area (Å²) < 4.78 is 4.98. The van der Waals surface area contributed by atoms with E-state index in [4.69, 9.17) is 4.74 Å². The highest BCUT2D eigenvalue weighted by atomic mass is 16.5. The Morgan fingerprint density at radius 2 is 1.67 bits per heavy atom. The molecule has 7 heteroatoms. The molecule has 27 heavy (non-hydrogen) atoms. The molecule has 0 saturated heterocycles. The third-order valence-electron chi connectivity index (χ3n) is 3.56. The molecule has 1 aromatic rings.